The van der Waals surface area contributed by atoms with Gasteiger partial charge in [-0.3, -0.25) is 9.69 Å². The number of hydrogen-bond acceptors (Lipinski definition) is 4. The third-order valence-corrected chi connectivity index (χ3v) is 4.38. The molecule has 1 aromatic carbocycles. The second kappa shape index (κ2) is 6.45. The quantitative estimate of drug-likeness (QED) is 0.714. The molecule has 24 heavy (non-hydrogen) atoms. The molecule has 0 atom stereocenters. The molecule has 7 heteroatoms. The topological polar surface area (TPSA) is 55.5 Å². The van der Waals surface area contributed by atoms with Gasteiger partial charge in [0.05, 0.1) is 5.56 Å². The van der Waals surface area contributed by atoms with Crippen LogP contribution in [0.15, 0.2) is 57.4 Å². The minimum atomic E-state index is -0.621. The minimum Gasteiger partial charge on any atom is -0.374 e. The largest absolute Gasteiger partial charge is 0.374 e. The molecule has 0 saturated carbocycles. The molecule has 0 N–H and O–H groups in total. The zero-order valence-corrected chi connectivity index (χ0v) is 13.9. The van der Waals surface area contributed by atoms with Crippen LogP contribution in [0, 0.1) is 5.82 Å². The Bertz CT molecular complexity index is 895. The molecule has 0 radical (unpaired) electrons. The van der Waals surface area contributed by atoms with E-state index in [1.807, 2.05) is 11.4 Å². The van der Waals surface area contributed by atoms with Gasteiger partial charge in [0.2, 0.25) is 0 Å². The summed E-state index contributed by atoms with van der Waals surface area (Å²) in [6, 6.07) is 8.24. The third-order valence-electron chi connectivity index (χ3n) is 3.48. The van der Waals surface area contributed by atoms with Crippen molar-refractivity contribution in [2.24, 2.45) is 0 Å². The minimum absolute atomic E-state index is 0.245. The lowest BCUT2D eigenvalue weighted by Crippen LogP contribution is -2.43. The normalized spacial score (nSPS) is 11.0. The number of amides is 1. The Balaban J connectivity index is 2.00. The van der Waals surface area contributed by atoms with E-state index in [-0.39, 0.29) is 6.04 Å². The first-order valence-corrected chi connectivity index (χ1v) is 8.21. The summed E-state index contributed by atoms with van der Waals surface area (Å²) < 4.78 is 19.0. The highest BCUT2D eigenvalue weighted by Crippen LogP contribution is 2.23. The first kappa shape index (κ1) is 16.2. The number of rotatable bonds is 3. The molecule has 0 unspecified atom stereocenters. The average Bonchev–Trinajstić information content (AvgIpc) is 3.18. The van der Waals surface area contributed by atoms with Crippen molar-refractivity contribution in [3.63, 3.8) is 0 Å². The van der Waals surface area contributed by atoms with E-state index in [4.69, 9.17) is 4.52 Å². The Labute approximate surface area is 141 Å². The molecule has 3 aromatic rings. The van der Waals surface area contributed by atoms with Crippen molar-refractivity contribution < 1.29 is 13.7 Å². The first-order chi connectivity index (χ1) is 11.5. The summed E-state index contributed by atoms with van der Waals surface area (Å²) >= 11 is 1.39. The first-order valence-electron chi connectivity index (χ1n) is 7.33. The van der Waals surface area contributed by atoms with Gasteiger partial charge >= 0.3 is 11.6 Å². The monoisotopic (exact) mass is 346 g/mol. The Hall–Kier alpha value is -2.67. The number of carbonyl (C=O) groups is 1. The van der Waals surface area contributed by atoms with Crippen LogP contribution in [-0.4, -0.2) is 16.8 Å². The van der Waals surface area contributed by atoms with Gasteiger partial charge in [0.15, 0.2) is 0 Å². The fourth-order valence-electron chi connectivity index (χ4n) is 2.37. The lowest BCUT2D eigenvalue weighted by atomic mass is 10.2. The van der Waals surface area contributed by atoms with Gasteiger partial charge in [-0.1, -0.05) is 10.8 Å². The number of thiophene rings is 1. The number of carbonyl (C=O) groups excluding carboxylic acids is 1. The molecule has 0 spiro atoms. The molecule has 0 bridgehead atoms. The Morgan fingerprint density at radius 1 is 1.25 bits per heavy atom. The molecule has 0 saturated heterocycles. The van der Waals surface area contributed by atoms with E-state index >= 15 is 0 Å². The standard InChI is InChI=1S/C17H15FN2O3S/c1-11(2)19(13-7-5-12(18)6-8-13)17(22)20-16(21)14(10-23-20)15-4-3-9-24-15/h3-11H,1-2H3. The predicted molar refractivity (Wildman–Crippen MR) is 91.1 cm³/mol. The Morgan fingerprint density at radius 3 is 2.54 bits per heavy atom. The maximum atomic E-state index is 13.1. The van der Waals surface area contributed by atoms with Crippen molar-refractivity contribution in [2.75, 3.05) is 4.90 Å². The number of aromatic nitrogens is 1. The molecule has 0 aliphatic rings. The van der Waals surface area contributed by atoms with Crippen LogP contribution in [0.25, 0.3) is 10.4 Å². The second-order valence-corrected chi connectivity index (χ2v) is 6.38. The number of anilines is 1. The average molecular weight is 346 g/mol. The van der Waals surface area contributed by atoms with Crippen molar-refractivity contribution in [3.05, 3.63) is 64.2 Å². The highest BCUT2D eigenvalue weighted by Gasteiger charge is 2.25. The van der Waals surface area contributed by atoms with Crippen LogP contribution in [0.3, 0.4) is 0 Å². The summed E-state index contributed by atoms with van der Waals surface area (Å²) in [5, 5.41) is 1.84. The number of hydrogen-bond donors (Lipinski definition) is 0. The molecule has 0 fully saturated rings. The smallest absolute Gasteiger partial charge is 0.365 e. The van der Waals surface area contributed by atoms with E-state index in [9.17, 15) is 14.0 Å². The molecule has 2 heterocycles. The highest BCUT2D eigenvalue weighted by atomic mass is 32.1. The van der Waals surface area contributed by atoms with Gasteiger partial charge in [-0.15, -0.1) is 11.3 Å². The van der Waals surface area contributed by atoms with Crippen LogP contribution < -0.4 is 10.5 Å². The number of benzene rings is 1. The van der Waals surface area contributed by atoms with E-state index in [2.05, 4.69) is 0 Å². The van der Waals surface area contributed by atoms with Crippen LogP contribution in [0.2, 0.25) is 0 Å². The van der Waals surface area contributed by atoms with Crippen molar-refractivity contribution in [1.29, 1.82) is 0 Å². The zero-order valence-electron chi connectivity index (χ0n) is 13.1. The van der Waals surface area contributed by atoms with E-state index in [0.717, 1.165) is 9.62 Å². The summed E-state index contributed by atoms with van der Waals surface area (Å²) in [4.78, 5) is 27.4. The van der Waals surface area contributed by atoms with Crippen LogP contribution in [0.5, 0.6) is 0 Å². The van der Waals surface area contributed by atoms with Gasteiger partial charge in [-0.05, 0) is 49.6 Å². The fourth-order valence-corrected chi connectivity index (χ4v) is 3.09. The Kier molecular flexibility index (Phi) is 4.35. The highest BCUT2D eigenvalue weighted by molar-refractivity contribution is 7.13. The van der Waals surface area contributed by atoms with Gasteiger partial charge in [0.1, 0.15) is 12.1 Å². The maximum absolute atomic E-state index is 13.1. The van der Waals surface area contributed by atoms with Gasteiger partial charge < -0.3 is 4.52 Å². The molecule has 0 aliphatic heterocycles. The summed E-state index contributed by atoms with van der Waals surface area (Å²) in [6.07, 6.45) is 1.27. The third kappa shape index (κ3) is 2.90. The summed E-state index contributed by atoms with van der Waals surface area (Å²) in [5.74, 6) is -0.398. The summed E-state index contributed by atoms with van der Waals surface area (Å²) in [7, 11) is 0. The molecule has 3 rings (SSSR count). The maximum Gasteiger partial charge on any atom is 0.365 e. The van der Waals surface area contributed by atoms with E-state index in [1.54, 1.807) is 19.9 Å². The van der Waals surface area contributed by atoms with Gasteiger partial charge in [0, 0.05) is 16.6 Å². The van der Waals surface area contributed by atoms with Crippen molar-refractivity contribution in [1.82, 2.24) is 4.74 Å². The van der Waals surface area contributed by atoms with Gasteiger partial charge in [-0.25, -0.2) is 9.18 Å². The van der Waals surface area contributed by atoms with Crippen LogP contribution in [0.4, 0.5) is 14.9 Å². The van der Waals surface area contributed by atoms with Crippen LogP contribution in [-0.2, 0) is 0 Å². The van der Waals surface area contributed by atoms with Crippen molar-refractivity contribution in [3.8, 4) is 10.4 Å². The molecule has 124 valence electrons. The molecular formula is C17H15FN2O3S. The van der Waals surface area contributed by atoms with Gasteiger partial charge in [0.25, 0.3) is 0 Å². The molecule has 0 aliphatic carbocycles. The fraction of sp³-hybridized carbons (Fsp3) is 0.176. The van der Waals surface area contributed by atoms with E-state index < -0.39 is 17.4 Å². The summed E-state index contributed by atoms with van der Waals surface area (Å²) in [6.45, 7) is 3.60. The Morgan fingerprint density at radius 2 is 1.96 bits per heavy atom. The predicted octanol–water partition coefficient (Wildman–Crippen LogP) is 4.19. The molecule has 2 aromatic heterocycles. The van der Waals surface area contributed by atoms with Crippen molar-refractivity contribution in [2.45, 2.75) is 19.9 Å². The van der Waals surface area contributed by atoms with Crippen LogP contribution >= 0.6 is 11.3 Å². The van der Waals surface area contributed by atoms with Crippen LogP contribution in [0.1, 0.15) is 13.8 Å². The number of halogens is 1. The summed E-state index contributed by atoms with van der Waals surface area (Å²) in [5.41, 5.74) is 0.300. The van der Waals surface area contributed by atoms with E-state index in [1.165, 1.54) is 46.8 Å². The zero-order chi connectivity index (χ0) is 17.3. The molecule has 5 nitrogen and oxygen atoms in total. The van der Waals surface area contributed by atoms with Crippen molar-refractivity contribution >= 4 is 23.1 Å². The molecule has 1 amide bonds. The lowest BCUT2D eigenvalue weighted by Gasteiger charge is -2.25. The van der Waals surface area contributed by atoms with E-state index in [0.29, 0.717) is 11.3 Å². The molecular weight excluding hydrogens is 331 g/mol. The SMILES string of the molecule is CC(C)N(C(=O)n1occ(-c2cccs2)c1=O)c1ccc(F)cc1. The number of nitrogens with zero attached hydrogens (tertiary/aromatic N) is 2. The lowest BCUT2D eigenvalue weighted by molar-refractivity contribution is 0.213. The van der Waals surface area contributed by atoms with Gasteiger partial charge in [-0.2, -0.15) is 0 Å². The second-order valence-electron chi connectivity index (χ2n) is 5.44.